The van der Waals surface area contributed by atoms with Gasteiger partial charge in [-0.25, -0.2) is 4.98 Å². The molecule has 0 radical (unpaired) electrons. The molecule has 2 heterocycles. The fourth-order valence-corrected chi connectivity index (χ4v) is 2.72. The Bertz CT molecular complexity index is 394. The lowest BCUT2D eigenvalue weighted by Gasteiger charge is -2.22. The molecule has 0 saturated carbocycles. The molecule has 0 amide bonds. The molecule has 0 spiro atoms. The molecular formula is C15H25N3O. The largest absolute Gasteiger partial charge is 0.335 e. The summed E-state index contributed by atoms with van der Waals surface area (Å²) in [5.41, 5.74) is 0. The van der Waals surface area contributed by atoms with Crippen LogP contribution in [-0.4, -0.2) is 27.9 Å². The van der Waals surface area contributed by atoms with Crippen molar-refractivity contribution in [2.24, 2.45) is 0 Å². The molecule has 1 N–H and O–H groups in total. The molecule has 2 rings (SSSR count). The van der Waals surface area contributed by atoms with Crippen LogP contribution in [0.2, 0.25) is 0 Å². The second kappa shape index (κ2) is 7.43. The monoisotopic (exact) mass is 263 g/mol. The fraction of sp³-hybridized carbons (Fsp3) is 0.733. The molecule has 0 bridgehead atoms. The summed E-state index contributed by atoms with van der Waals surface area (Å²) in [5.74, 6) is 1.24. The van der Waals surface area contributed by atoms with Crippen molar-refractivity contribution < 1.29 is 4.79 Å². The summed E-state index contributed by atoms with van der Waals surface area (Å²) >= 11 is 0. The summed E-state index contributed by atoms with van der Waals surface area (Å²) in [5, 5.41) is 3.49. The molecule has 0 aliphatic carbocycles. The predicted molar refractivity (Wildman–Crippen MR) is 76.1 cm³/mol. The van der Waals surface area contributed by atoms with Crippen LogP contribution in [-0.2, 0) is 17.8 Å². The Kier molecular flexibility index (Phi) is 5.58. The van der Waals surface area contributed by atoms with Crippen molar-refractivity contribution >= 4 is 5.78 Å². The Morgan fingerprint density at radius 1 is 1.53 bits per heavy atom. The fourth-order valence-electron chi connectivity index (χ4n) is 2.72. The first-order chi connectivity index (χ1) is 9.29. The van der Waals surface area contributed by atoms with Gasteiger partial charge in [-0.15, -0.1) is 0 Å². The molecule has 1 fully saturated rings. The van der Waals surface area contributed by atoms with Gasteiger partial charge in [0.25, 0.3) is 0 Å². The number of nitrogens with zero attached hydrogens (tertiary/aromatic N) is 2. The molecule has 1 unspecified atom stereocenters. The summed E-state index contributed by atoms with van der Waals surface area (Å²) in [6, 6.07) is 0.549. The van der Waals surface area contributed by atoms with E-state index in [9.17, 15) is 4.79 Å². The molecule has 0 aromatic carbocycles. The van der Waals surface area contributed by atoms with Gasteiger partial charge in [0.15, 0.2) is 0 Å². The minimum Gasteiger partial charge on any atom is -0.335 e. The van der Waals surface area contributed by atoms with Crippen LogP contribution in [0, 0.1) is 0 Å². The average molecular weight is 263 g/mol. The highest BCUT2D eigenvalue weighted by Crippen LogP contribution is 2.13. The van der Waals surface area contributed by atoms with Gasteiger partial charge in [-0.1, -0.05) is 13.3 Å². The van der Waals surface area contributed by atoms with Gasteiger partial charge in [0.1, 0.15) is 11.6 Å². The maximum absolute atomic E-state index is 12.0. The van der Waals surface area contributed by atoms with Crippen molar-refractivity contribution in [3.05, 3.63) is 18.2 Å². The third kappa shape index (κ3) is 4.46. The lowest BCUT2D eigenvalue weighted by Crippen LogP contribution is -2.34. The van der Waals surface area contributed by atoms with E-state index in [4.69, 9.17) is 0 Å². The lowest BCUT2D eigenvalue weighted by molar-refractivity contribution is -0.118. The summed E-state index contributed by atoms with van der Waals surface area (Å²) in [4.78, 5) is 16.3. The van der Waals surface area contributed by atoms with Gasteiger partial charge in [-0.2, -0.15) is 0 Å². The Morgan fingerprint density at radius 2 is 2.42 bits per heavy atom. The Morgan fingerprint density at radius 3 is 3.16 bits per heavy atom. The maximum Gasteiger partial charge on any atom is 0.140 e. The number of hydrogen-bond donors (Lipinski definition) is 1. The number of Topliss-reactive ketones (excluding diaryl/α,β-unsaturated/α-hetero) is 1. The lowest BCUT2D eigenvalue weighted by atomic mass is 9.99. The second-order valence-electron chi connectivity index (χ2n) is 5.44. The third-order valence-electron chi connectivity index (χ3n) is 3.81. The smallest absolute Gasteiger partial charge is 0.140 e. The van der Waals surface area contributed by atoms with Crippen LogP contribution < -0.4 is 5.32 Å². The highest BCUT2D eigenvalue weighted by Gasteiger charge is 2.15. The van der Waals surface area contributed by atoms with Gasteiger partial charge < -0.3 is 9.88 Å². The van der Waals surface area contributed by atoms with Gasteiger partial charge in [0, 0.05) is 31.4 Å². The van der Waals surface area contributed by atoms with Crippen LogP contribution in [0.1, 0.15) is 51.3 Å². The van der Waals surface area contributed by atoms with E-state index in [1.807, 2.05) is 6.20 Å². The number of ketones is 1. The van der Waals surface area contributed by atoms with Gasteiger partial charge in [-0.05, 0) is 32.2 Å². The molecule has 1 saturated heterocycles. The highest BCUT2D eigenvalue weighted by molar-refractivity contribution is 5.80. The van der Waals surface area contributed by atoms with E-state index in [0.29, 0.717) is 24.7 Å². The first-order valence-electron chi connectivity index (χ1n) is 7.54. The molecule has 1 aromatic heterocycles. The van der Waals surface area contributed by atoms with Gasteiger partial charge in [-0.3, -0.25) is 4.79 Å². The zero-order valence-electron chi connectivity index (χ0n) is 11.9. The molecule has 1 aliphatic heterocycles. The van der Waals surface area contributed by atoms with E-state index >= 15 is 0 Å². The minimum absolute atomic E-state index is 0.316. The van der Waals surface area contributed by atoms with Gasteiger partial charge in [0.2, 0.25) is 0 Å². The van der Waals surface area contributed by atoms with Crippen LogP contribution in [0.4, 0.5) is 0 Å². The molecular weight excluding hydrogens is 238 g/mol. The van der Waals surface area contributed by atoms with E-state index in [0.717, 1.165) is 31.8 Å². The molecule has 1 aliphatic rings. The van der Waals surface area contributed by atoms with Crippen molar-refractivity contribution in [3.63, 3.8) is 0 Å². The van der Waals surface area contributed by atoms with E-state index in [2.05, 4.69) is 21.8 Å². The zero-order valence-corrected chi connectivity index (χ0v) is 11.9. The van der Waals surface area contributed by atoms with Crippen molar-refractivity contribution in [2.75, 3.05) is 6.54 Å². The van der Waals surface area contributed by atoms with E-state index in [1.54, 1.807) is 6.20 Å². The molecule has 1 aromatic rings. The number of aryl methyl sites for hydroxylation is 1. The standard InChI is InChI=1S/C15H25N3O/c1-2-10-18-11-9-17-15(18)12-14(19)7-6-13-5-3-4-8-16-13/h9,11,13,16H,2-8,10,12H2,1H3. The number of rotatable bonds is 7. The summed E-state index contributed by atoms with van der Waals surface area (Å²) in [7, 11) is 0. The number of imidazole rings is 1. The van der Waals surface area contributed by atoms with E-state index < -0.39 is 0 Å². The van der Waals surface area contributed by atoms with Crippen LogP contribution in [0.25, 0.3) is 0 Å². The first-order valence-corrected chi connectivity index (χ1v) is 7.54. The Balaban J connectivity index is 1.75. The topological polar surface area (TPSA) is 46.9 Å². The van der Waals surface area contributed by atoms with Crippen molar-refractivity contribution in [1.29, 1.82) is 0 Å². The third-order valence-corrected chi connectivity index (χ3v) is 3.81. The number of piperidine rings is 1. The predicted octanol–water partition coefficient (Wildman–Crippen LogP) is 2.33. The first kappa shape index (κ1) is 14.3. The van der Waals surface area contributed by atoms with Crippen molar-refractivity contribution in [2.45, 2.75) is 64.5 Å². The average Bonchev–Trinajstić information content (AvgIpc) is 2.85. The van der Waals surface area contributed by atoms with Crippen LogP contribution in [0.3, 0.4) is 0 Å². The number of hydrogen-bond acceptors (Lipinski definition) is 3. The normalized spacial score (nSPS) is 19.5. The van der Waals surface area contributed by atoms with Crippen molar-refractivity contribution in [1.82, 2.24) is 14.9 Å². The second-order valence-corrected chi connectivity index (χ2v) is 5.44. The SMILES string of the molecule is CCCn1ccnc1CC(=O)CCC1CCCCN1. The molecule has 4 heteroatoms. The van der Waals surface area contributed by atoms with Crippen LogP contribution in [0.15, 0.2) is 12.4 Å². The van der Waals surface area contributed by atoms with Crippen LogP contribution in [0.5, 0.6) is 0 Å². The van der Waals surface area contributed by atoms with Gasteiger partial charge >= 0.3 is 0 Å². The summed E-state index contributed by atoms with van der Waals surface area (Å²) in [6.07, 6.45) is 10.8. The zero-order chi connectivity index (χ0) is 13.5. The number of nitrogens with one attached hydrogen (secondary N) is 1. The van der Waals surface area contributed by atoms with E-state index in [-0.39, 0.29) is 0 Å². The highest BCUT2D eigenvalue weighted by atomic mass is 16.1. The quantitative estimate of drug-likeness (QED) is 0.821. The van der Waals surface area contributed by atoms with E-state index in [1.165, 1.54) is 19.3 Å². The maximum atomic E-state index is 12.0. The minimum atomic E-state index is 0.316. The molecule has 4 nitrogen and oxygen atoms in total. The molecule has 19 heavy (non-hydrogen) atoms. The summed E-state index contributed by atoms with van der Waals surface area (Å²) in [6.45, 7) is 4.20. The number of carbonyl (C=O) groups excluding carboxylic acids is 1. The van der Waals surface area contributed by atoms with Gasteiger partial charge in [0.05, 0.1) is 6.42 Å². The Labute approximate surface area is 115 Å². The Hall–Kier alpha value is -1.16. The number of aromatic nitrogens is 2. The molecule has 106 valence electrons. The summed E-state index contributed by atoms with van der Waals surface area (Å²) < 4.78 is 2.09. The molecule has 1 atom stereocenters. The van der Waals surface area contributed by atoms with Crippen LogP contribution >= 0.6 is 0 Å². The number of carbonyl (C=O) groups is 1. The van der Waals surface area contributed by atoms with Crippen molar-refractivity contribution in [3.8, 4) is 0 Å².